The molecule has 2 rings (SSSR count). The van der Waals surface area contributed by atoms with Gasteiger partial charge in [-0.15, -0.1) is 0 Å². The van der Waals surface area contributed by atoms with Crippen molar-refractivity contribution in [3.8, 4) is 0 Å². The Morgan fingerprint density at radius 2 is 1.68 bits per heavy atom. The molecule has 0 fully saturated rings. The third-order valence-electron chi connectivity index (χ3n) is 3.61. The molecular weight excluding hydrogens is 338 g/mol. The lowest BCUT2D eigenvalue weighted by atomic mass is 10.1. The van der Waals surface area contributed by atoms with Crippen LogP contribution in [0.1, 0.15) is 29.3 Å². The highest BCUT2D eigenvalue weighted by molar-refractivity contribution is 7.89. The average Bonchev–Trinajstić information content (AvgIpc) is 2.63. The van der Waals surface area contributed by atoms with Crippen LogP contribution in [0.15, 0.2) is 64.6 Å². The van der Waals surface area contributed by atoms with Crippen molar-refractivity contribution in [1.82, 2.24) is 9.73 Å². The van der Waals surface area contributed by atoms with E-state index in [1.165, 1.54) is 32.3 Å². The van der Waals surface area contributed by atoms with Gasteiger partial charge in [-0.1, -0.05) is 43.3 Å². The molecule has 0 aliphatic rings. The van der Waals surface area contributed by atoms with E-state index in [1.54, 1.807) is 6.07 Å². The molecule has 1 amide bonds. The van der Waals surface area contributed by atoms with Crippen molar-refractivity contribution in [3.05, 3.63) is 65.7 Å². The van der Waals surface area contributed by atoms with Gasteiger partial charge in [0.15, 0.2) is 0 Å². The van der Waals surface area contributed by atoms with E-state index in [4.69, 9.17) is 0 Å². The van der Waals surface area contributed by atoms with E-state index in [-0.39, 0.29) is 10.5 Å². The molecule has 0 aliphatic carbocycles. The van der Waals surface area contributed by atoms with Gasteiger partial charge in [0.1, 0.15) is 0 Å². The van der Waals surface area contributed by atoms with Gasteiger partial charge in [0.05, 0.1) is 10.6 Å². The number of amides is 1. The number of nitrogens with one attached hydrogen (secondary N) is 1. The average molecular weight is 359 g/mol. The van der Waals surface area contributed by atoms with Crippen LogP contribution in [0, 0.1) is 0 Å². The molecular formula is C18H21N3O3S. The molecule has 0 spiro atoms. The van der Waals surface area contributed by atoms with Crippen LogP contribution in [0.3, 0.4) is 0 Å². The SMILES string of the molecule is CC/C(=N/NC(=O)c1cccc(S(=O)(=O)N(C)C)c1)c1ccccc1. The minimum absolute atomic E-state index is 0.0629. The van der Waals surface area contributed by atoms with E-state index >= 15 is 0 Å². The monoisotopic (exact) mass is 359 g/mol. The van der Waals surface area contributed by atoms with Gasteiger partial charge in [-0.05, 0) is 30.2 Å². The molecule has 6 nitrogen and oxygen atoms in total. The summed E-state index contributed by atoms with van der Waals surface area (Å²) in [5.41, 5.74) is 4.40. The Morgan fingerprint density at radius 1 is 1.04 bits per heavy atom. The molecule has 0 heterocycles. The zero-order chi connectivity index (χ0) is 18.4. The first-order valence-electron chi connectivity index (χ1n) is 7.81. The van der Waals surface area contributed by atoms with E-state index < -0.39 is 15.9 Å². The second-order valence-electron chi connectivity index (χ2n) is 5.53. The van der Waals surface area contributed by atoms with Crippen LogP contribution in [0.2, 0.25) is 0 Å². The summed E-state index contributed by atoms with van der Waals surface area (Å²) >= 11 is 0. The Balaban J connectivity index is 2.23. The highest BCUT2D eigenvalue weighted by atomic mass is 32.2. The predicted molar refractivity (Wildman–Crippen MR) is 98.1 cm³/mol. The van der Waals surface area contributed by atoms with E-state index in [0.29, 0.717) is 6.42 Å². The minimum atomic E-state index is -3.59. The molecule has 132 valence electrons. The van der Waals surface area contributed by atoms with Crippen LogP contribution in [0.4, 0.5) is 0 Å². The van der Waals surface area contributed by atoms with Crippen LogP contribution in [0.5, 0.6) is 0 Å². The third-order valence-corrected chi connectivity index (χ3v) is 5.42. The Hall–Kier alpha value is -2.51. The Kier molecular flexibility index (Phi) is 6.06. The van der Waals surface area contributed by atoms with Crippen molar-refractivity contribution in [2.75, 3.05) is 14.1 Å². The van der Waals surface area contributed by atoms with Crippen LogP contribution in [-0.4, -0.2) is 38.4 Å². The summed E-state index contributed by atoms with van der Waals surface area (Å²) in [5.74, 6) is -0.460. The van der Waals surface area contributed by atoms with Gasteiger partial charge in [-0.2, -0.15) is 5.10 Å². The van der Waals surface area contributed by atoms with Gasteiger partial charge in [0.25, 0.3) is 5.91 Å². The zero-order valence-electron chi connectivity index (χ0n) is 14.4. The summed E-state index contributed by atoms with van der Waals surface area (Å²) in [4.78, 5) is 12.4. The predicted octanol–water partition coefficient (Wildman–Crippen LogP) is 2.48. The topological polar surface area (TPSA) is 78.8 Å². The van der Waals surface area contributed by atoms with Crippen LogP contribution >= 0.6 is 0 Å². The van der Waals surface area contributed by atoms with Crippen molar-refractivity contribution < 1.29 is 13.2 Å². The van der Waals surface area contributed by atoms with Gasteiger partial charge >= 0.3 is 0 Å². The van der Waals surface area contributed by atoms with Crippen molar-refractivity contribution in [1.29, 1.82) is 0 Å². The number of hydrogen-bond donors (Lipinski definition) is 1. The van der Waals surface area contributed by atoms with E-state index in [9.17, 15) is 13.2 Å². The van der Waals surface area contributed by atoms with Crippen LogP contribution < -0.4 is 5.43 Å². The fraction of sp³-hybridized carbons (Fsp3) is 0.222. The highest BCUT2D eigenvalue weighted by Crippen LogP contribution is 2.15. The first kappa shape index (κ1) is 18.8. The maximum absolute atomic E-state index is 12.3. The zero-order valence-corrected chi connectivity index (χ0v) is 15.2. The fourth-order valence-electron chi connectivity index (χ4n) is 2.17. The molecule has 0 aliphatic heterocycles. The minimum Gasteiger partial charge on any atom is -0.267 e. The Morgan fingerprint density at radius 3 is 2.28 bits per heavy atom. The molecule has 2 aromatic carbocycles. The van der Waals surface area contributed by atoms with Gasteiger partial charge in [-0.25, -0.2) is 18.1 Å². The van der Waals surface area contributed by atoms with Crippen molar-refractivity contribution in [3.63, 3.8) is 0 Å². The largest absolute Gasteiger partial charge is 0.271 e. The standard InChI is InChI=1S/C18H21N3O3S/c1-4-17(14-9-6-5-7-10-14)19-20-18(22)15-11-8-12-16(13-15)25(23,24)21(2)3/h5-13H,4H2,1-3H3,(H,20,22)/b19-17-. The van der Waals surface area contributed by atoms with Crippen molar-refractivity contribution >= 4 is 21.6 Å². The molecule has 0 radical (unpaired) electrons. The van der Waals surface area contributed by atoms with Crippen LogP contribution in [0.25, 0.3) is 0 Å². The second kappa shape index (κ2) is 8.04. The lowest BCUT2D eigenvalue weighted by molar-refractivity contribution is 0.0954. The first-order chi connectivity index (χ1) is 11.9. The second-order valence-corrected chi connectivity index (χ2v) is 7.69. The quantitative estimate of drug-likeness (QED) is 0.636. The molecule has 25 heavy (non-hydrogen) atoms. The molecule has 0 saturated heterocycles. The van der Waals surface area contributed by atoms with Gasteiger partial charge in [0.2, 0.25) is 10.0 Å². The smallest absolute Gasteiger partial charge is 0.267 e. The number of rotatable bonds is 6. The number of hydrazone groups is 1. The molecule has 0 bridgehead atoms. The maximum Gasteiger partial charge on any atom is 0.271 e. The summed E-state index contributed by atoms with van der Waals surface area (Å²) < 4.78 is 25.4. The number of hydrogen-bond acceptors (Lipinski definition) is 4. The normalized spacial score (nSPS) is 12.2. The molecule has 0 aromatic heterocycles. The highest BCUT2D eigenvalue weighted by Gasteiger charge is 2.18. The fourth-order valence-corrected chi connectivity index (χ4v) is 3.12. The van der Waals surface area contributed by atoms with E-state index in [0.717, 1.165) is 15.6 Å². The molecule has 7 heteroatoms. The molecule has 0 unspecified atom stereocenters. The van der Waals surface area contributed by atoms with Crippen molar-refractivity contribution in [2.45, 2.75) is 18.2 Å². The summed E-state index contributed by atoms with van der Waals surface area (Å²) in [7, 11) is -0.706. The molecule has 0 saturated carbocycles. The van der Waals surface area contributed by atoms with Crippen molar-refractivity contribution in [2.24, 2.45) is 5.10 Å². The number of carbonyl (C=O) groups excluding carboxylic acids is 1. The Labute approximate surface area is 148 Å². The van der Waals surface area contributed by atoms with Gasteiger partial charge < -0.3 is 0 Å². The third kappa shape index (κ3) is 4.52. The molecule has 0 atom stereocenters. The molecule has 1 N–H and O–H groups in total. The summed E-state index contributed by atoms with van der Waals surface area (Å²) in [6.07, 6.45) is 0.652. The lowest BCUT2D eigenvalue weighted by Crippen LogP contribution is -2.23. The number of benzene rings is 2. The number of nitrogens with zero attached hydrogens (tertiary/aromatic N) is 2. The van der Waals surface area contributed by atoms with Gasteiger partial charge in [-0.3, -0.25) is 4.79 Å². The molecule has 2 aromatic rings. The first-order valence-corrected chi connectivity index (χ1v) is 9.25. The van der Waals surface area contributed by atoms with E-state index in [1.807, 2.05) is 37.3 Å². The van der Waals surface area contributed by atoms with E-state index in [2.05, 4.69) is 10.5 Å². The summed E-state index contributed by atoms with van der Waals surface area (Å²) in [6, 6.07) is 15.4. The lowest BCUT2D eigenvalue weighted by Gasteiger charge is -2.12. The summed E-state index contributed by atoms with van der Waals surface area (Å²) in [5, 5.41) is 4.17. The maximum atomic E-state index is 12.3. The van der Waals surface area contributed by atoms with Gasteiger partial charge in [0, 0.05) is 19.7 Å². The summed E-state index contributed by atoms with van der Waals surface area (Å²) in [6.45, 7) is 1.95. The number of sulfonamides is 1. The number of carbonyl (C=O) groups is 1. The Bertz CT molecular complexity index is 875. The van der Waals surface area contributed by atoms with Crippen LogP contribution in [-0.2, 0) is 10.0 Å².